The fourth-order valence-corrected chi connectivity index (χ4v) is 4.71. The number of carbonyl (C=O) groups excluding carboxylic acids is 4. The zero-order chi connectivity index (χ0) is 28.4. The Hall–Kier alpha value is -3.68. The van der Waals surface area contributed by atoms with Gasteiger partial charge in [-0.2, -0.15) is 0 Å². The number of hydrogen-bond acceptors (Lipinski definition) is 12. The zero-order valence-corrected chi connectivity index (χ0v) is 24.4. The third-order valence-electron chi connectivity index (χ3n) is 4.68. The number of esters is 2. The molecule has 0 saturated carbocycles. The maximum atomic E-state index is 11.6. The first kappa shape index (κ1) is 29.9. The van der Waals surface area contributed by atoms with E-state index in [0.717, 1.165) is 0 Å². The van der Waals surface area contributed by atoms with Crippen LogP contribution in [0.3, 0.4) is 0 Å². The molecule has 10 nitrogen and oxygen atoms in total. The van der Waals surface area contributed by atoms with Gasteiger partial charge in [0.1, 0.15) is 21.4 Å². The van der Waals surface area contributed by atoms with Crippen LogP contribution in [-0.4, -0.2) is 62.0 Å². The molecule has 0 radical (unpaired) electrons. The van der Waals surface area contributed by atoms with Gasteiger partial charge >= 0.3 is 11.9 Å². The Morgan fingerprint density at radius 3 is 1.62 bits per heavy atom. The van der Waals surface area contributed by atoms with Crippen LogP contribution in [0.15, 0.2) is 47.2 Å². The number of thiazole rings is 2. The van der Waals surface area contributed by atoms with Crippen LogP contribution in [-0.2, 0) is 9.47 Å². The SMILES string of the molecule is CCOC(=O)c1csc(-c2cccc(C(=O)CBr)n2)n1.CCOC(=O)c1csc(-c2cccc(C(C)=O)n2)n1. The molecule has 0 aliphatic carbocycles. The molecule has 202 valence electrons. The number of Topliss-reactive ketones (excluding diaryl/α,β-unsaturated/α-hetero) is 2. The fourth-order valence-electron chi connectivity index (χ4n) is 2.91. The molecule has 39 heavy (non-hydrogen) atoms. The quantitative estimate of drug-likeness (QED) is 0.131. The van der Waals surface area contributed by atoms with E-state index in [1.54, 1.807) is 61.0 Å². The highest BCUT2D eigenvalue weighted by atomic mass is 79.9. The maximum Gasteiger partial charge on any atom is 0.357 e. The lowest BCUT2D eigenvalue weighted by Crippen LogP contribution is -2.05. The first-order valence-corrected chi connectivity index (χ1v) is 14.5. The van der Waals surface area contributed by atoms with Crippen LogP contribution in [0.4, 0.5) is 0 Å². The van der Waals surface area contributed by atoms with E-state index >= 15 is 0 Å². The van der Waals surface area contributed by atoms with Crippen LogP contribution in [0.5, 0.6) is 0 Å². The third kappa shape index (κ3) is 8.15. The van der Waals surface area contributed by atoms with Crippen molar-refractivity contribution < 1.29 is 28.7 Å². The Kier molecular flexibility index (Phi) is 11.1. The van der Waals surface area contributed by atoms with Gasteiger partial charge < -0.3 is 9.47 Å². The summed E-state index contributed by atoms with van der Waals surface area (Å²) >= 11 is 5.69. The summed E-state index contributed by atoms with van der Waals surface area (Å²) in [5.74, 6) is -1.12. The van der Waals surface area contributed by atoms with Crippen LogP contribution in [0.2, 0.25) is 0 Å². The fraction of sp³-hybridized carbons (Fsp3) is 0.231. The number of alkyl halides is 1. The number of hydrogen-bond donors (Lipinski definition) is 0. The minimum absolute atomic E-state index is 0.103. The molecular formula is C26H23BrN4O6S2. The minimum atomic E-state index is -0.456. The summed E-state index contributed by atoms with van der Waals surface area (Å²) in [5, 5.41) is 4.63. The molecule has 0 atom stereocenters. The van der Waals surface area contributed by atoms with E-state index in [2.05, 4.69) is 35.9 Å². The van der Waals surface area contributed by atoms with Crippen LogP contribution in [0.25, 0.3) is 21.4 Å². The first-order valence-electron chi connectivity index (χ1n) is 11.6. The van der Waals surface area contributed by atoms with Gasteiger partial charge in [-0.25, -0.2) is 29.5 Å². The van der Waals surface area contributed by atoms with Crippen LogP contribution < -0.4 is 0 Å². The molecule has 0 N–H and O–H groups in total. The van der Waals surface area contributed by atoms with Crippen molar-refractivity contribution in [1.82, 2.24) is 19.9 Å². The number of rotatable bonds is 9. The van der Waals surface area contributed by atoms with E-state index in [9.17, 15) is 19.2 Å². The second-order valence-corrected chi connectivity index (χ2v) is 9.72. The van der Waals surface area contributed by atoms with Crippen molar-refractivity contribution in [2.45, 2.75) is 20.8 Å². The zero-order valence-electron chi connectivity index (χ0n) is 21.2. The van der Waals surface area contributed by atoms with Gasteiger partial charge in [0.2, 0.25) is 0 Å². The van der Waals surface area contributed by atoms with Crippen LogP contribution in [0.1, 0.15) is 62.7 Å². The van der Waals surface area contributed by atoms with Gasteiger partial charge in [0, 0.05) is 17.7 Å². The monoisotopic (exact) mass is 630 g/mol. The summed E-state index contributed by atoms with van der Waals surface area (Å²) in [6.07, 6.45) is 0. The second-order valence-electron chi connectivity index (χ2n) is 7.45. The van der Waals surface area contributed by atoms with E-state index in [-0.39, 0.29) is 28.3 Å². The highest BCUT2D eigenvalue weighted by Crippen LogP contribution is 2.24. The van der Waals surface area contributed by atoms with Crippen molar-refractivity contribution in [3.63, 3.8) is 0 Å². The lowest BCUT2D eigenvalue weighted by atomic mass is 10.2. The largest absolute Gasteiger partial charge is 0.461 e. The standard InChI is InChI=1S/C13H11BrN2O3S.C13H12N2O3S/c1-2-19-13(18)10-7-20-12(16-10)9-5-3-4-8(15-9)11(17)6-14;1-3-18-13(17)11-7-19-12(15-11)10-6-4-5-9(14-10)8(2)16/h3-5,7H,2,6H2,1H3;4-7H,3H2,1-2H3. The summed E-state index contributed by atoms with van der Waals surface area (Å²) in [7, 11) is 0. The van der Waals surface area contributed by atoms with E-state index in [1.807, 2.05) is 0 Å². The lowest BCUT2D eigenvalue weighted by molar-refractivity contribution is 0.0511. The predicted molar refractivity (Wildman–Crippen MR) is 151 cm³/mol. The van der Waals surface area contributed by atoms with Gasteiger partial charge in [0.15, 0.2) is 23.0 Å². The van der Waals surface area contributed by atoms with E-state index in [1.165, 1.54) is 29.6 Å². The molecule has 4 aromatic heterocycles. The Bertz CT molecular complexity index is 1490. The molecule has 4 rings (SSSR count). The van der Waals surface area contributed by atoms with E-state index < -0.39 is 11.9 Å². The molecule has 0 aliphatic heterocycles. The van der Waals surface area contributed by atoms with Crippen molar-refractivity contribution in [1.29, 1.82) is 0 Å². The highest BCUT2D eigenvalue weighted by molar-refractivity contribution is 9.09. The van der Waals surface area contributed by atoms with Crippen molar-refractivity contribution in [2.24, 2.45) is 0 Å². The molecule has 13 heteroatoms. The molecular weight excluding hydrogens is 608 g/mol. The minimum Gasteiger partial charge on any atom is -0.461 e. The molecule has 0 aromatic carbocycles. The van der Waals surface area contributed by atoms with Gasteiger partial charge in [-0.1, -0.05) is 28.1 Å². The third-order valence-corrected chi connectivity index (χ3v) is 6.92. The molecule has 4 heterocycles. The average Bonchev–Trinajstić information content (AvgIpc) is 3.64. The Morgan fingerprint density at radius 2 is 1.18 bits per heavy atom. The summed E-state index contributed by atoms with van der Waals surface area (Å²) in [4.78, 5) is 62.7. The van der Waals surface area contributed by atoms with Gasteiger partial charge in [-0.05, 0) is 38.1 Å². The number of ether oxygens (including phenoxy) is 2. The first-order chi connectivity index (χ1) is 18.8. The summed E-state index contributed by atoms with van der Waals surface area (Å²) < 4.78 is 9.75. The Morgan fingerprint density at radius 1 is 0.718 bits per heavy atom. The molecule has 0 fully saturated rings. The van der Waals surface area contributed by atoms with Gasteiger partial charge in [0.05, 0.1) is 29.9 Å². The number of ketones is 2. The molecule has 0 saturated heterocycles. The molecule has 0 spiro atoms. The number of nitrogens with zero attached hydrogens (tertiary/aromatic N) is 4. The number of pyridine rings is 2. The van der Waals surface area contributed by atoms with Gasteiger partial charge in [-0.15, -0.1) is 22.7 Å². The number of halogens is 1. The number of carbonyl (C=O) groups is 4. The number of aromatic nitrogens is 4. The average molecular weight is 632 g/mol. The summed E-state index contributed by atoms with van der Waals surface area (Å²) in [6.45, 7) is 5.55. The van der Waals surface area contributed by atoms with E-state index in [0.29, 0.717) is 46.0 Å². The van der Waals surface area contributed by atoms with E-state index in [4.69, 9.17) is 9.47 Å². The summed E-state index contributed by atoms with van der Waals surface area (Å²) in [5.41, 5.74) is 2.41. The normalized spacial score (nSPS) is 10.3. The topological polar surface area (TPSA) is 138 Å². The predicted octanol–water partition coefficient (Wildman–Crippen LogP) is 5.54. The van der Waals surface area contributed by atoms with Crippen LogP contribution >= 0.6 is 38.6 Å². The van der Waals surface area contributed by atoms with Crippen molar-refractivity contribution >= 4 is 62.1 Å². The van der Waals surface area contributed by atoms with Gasteiger partial charge in [0.25, 0.3) is 0 Å². The van der Waals surface area contributed by atoms with Crippen LogP contribution in [0, 0.1) is 0 Å². The van der Waals surface area contributed by atoms with Gasteiger partial charge in [-0.3, -0.25) is 9.59 Å². The highest BCUT2D eigenvalue weighted by Gasteiger charge is 2.15. The summed E-state index contributed by atoms with van der Waals surface area (Å²) in [6, 6.07) is 10.3. The molecule has 0 unspecified atom stereocenters. The molecule has 0 bridgehead atoms. The molecule has 4 aromatic rings. The smallest absolute Gasteiger partial charge is 0.357 e. The van der Waals surface area contributed by atoms with Crippen molar-refractivity contribution in [3.8, 4) is 21.4 Å². The molecule has 0 aliphatic rings. The molecule has 0 amide bonds. The maximum absolute atomic E-state index is 11.6. The Labute approximate surface area is 240 Å². The Balaban J connectivity index is 0.000000216. The lowest BCUT2D eigenvalue weighted by Gasteiger charge is -1.99. The van der Waals surface area contributed by atoms with Crippen molar-refractivity contribution in [3.05, 3.63) is 69.9 Å². The second kappa shape index (κ2) is 14.5. The van der Waals surface area contributed by atoms with Crippen molar-refractivity contribution in [2.75, 3.05) is 18.5 Å².